The molecule has 0 radical (unpaired) electrons. The van der Waals surface area contributed by atoms with Crippen LogP contribution < -0.4 is 4.90 Å². The Bertz CT molecular complexity index is 1080. The van der Waals surface area contributed by atoms with Gasteiger partial charge in [-0.05, 0) is 30.5 Å². The van der Waals surface area contributed by atoms with Crippen molar-refractivity contribution in [2.45, 2.75) is 18.6 Å². The van der Waals surface area contributed by atoms with Gasteiger partial charge in [0, 0.05) is 51.4 Å². The number of hydrogen-bond donors (Lipinski definition) is 0. The third-order valence-electron chi connectivity index (χ3n) is 6.19. The zero-order valence-electron chi connectivity index (χ0n) is 17.9. The molecule has 2 aliphatic rings. The first-order valence-corrected chi connectivity index (χ1v) is 12.5. The van der Waals surface area contributed by atoms with Crippen molar-refractivity contribution in [1.29, 1.82) is 5.26 Å². The number of nitrogens with zero attached hydrogens (tertiary/aromatic N) is 5. The van der Waals surface area contributed by atoms with Gasteiger partial charge in [-0.25, -0.2) is 17.7 Å². The lowest BCUT2D eigenvalue weighted by atomic mass is 9.96. The molecule has 0 spiro atoms. The van der Waals surface area contributed by atoms with E-state index >= 15 is 0 Å². The van der Waals surface area contributed by atoms with Crippen LogP contribution in [0.25, 0.3) is 0 Å². The van der Waals surface area contributed by atoms with Crippen LogP contribution in [0.3, 0.4) is 0 Å². The second kappa shape index (κ2) is 9.67. The summed E-state index contributed by atoms with van der Waals surface area (Å²) in [6.45, 7) is 3.17. The van der Waals surface area contributed by atoms with E-state index in [1.54, 1.807) is 18.3 Å². The summed E-state index contributed by atoms with van der Waals surface area (Å²) in [6.07, 6.45) is 2.77. The van der Waals surface area contributed by atoms with Crippen molar-refractivity contribution < 1.29 is 13.2 Å². The van der Waals surface area contributed by atoms with E-state index in [0.717, 1.165) is 5.56 Å². The summed E-state index contributed by atoms with van der Waals surface area (Å²) < 4.78 is 27.0. The lowest BCUT2D eigenvalue weighted by Crippen LogP contribution is -2.52. The van der Waals surface area contributed by atoms with Crippen molar-refractivity contribution in [3.05, 3.63) is 59.8 Å². The van der Waals surface area contributed by atoms with E-state index < -0.39 is 10.0 Å². The average Bonchev–Trinajstić information content (AvgIpc) is 2.84. The Labute approximate surface area is 189 Å². The molecule has 32 heavy (non-hydrogen) atoms. The number of carbonyl (C=O) groups is 1. The van der Waals surface area contributed by atoms with E-state index in [1.165, 1.54) is 4.31 Å². The fourth-order valence-electron chi connectivity index (χ4n) is 4.39. The molecule has 0 bridgehead atoms. The second-order valence-corrected chi connectivity index (χ2v) is 10.2. The number of amides is 1. The molecule has 1 aromatic carbocycles. The molecule has 1 amide bonds. The molecule has 0 atom stereocenters. The molecule has 3 heterocycles. The lowest BCUT2D eigenvalue weighted by molar-refractivity contribution is -0.137. The van der Waals surface area contributed by atoms with Gasteiger partial charge < -0.3 is 9.80 Å². The van der Waals surface area contributed by atoms with Crippen molar-refractivity contribution >= 4 is 21.7 Å². The molecular weight excluding hydrogens is 426 g/mol. The van der Waals surface area contributed by atoms with Gasteiger partial charge in [0.15, 0.2) is 0 Å². The molecule has 2 fully saturated rings. The SMILES string of the molecule is N#Cc1cccnc1N1CCN(C(=O)C2CCN(S(=O)(=O)Cc3ccccc3)CC2)CC1. The van der Waals surface area contributed by atoms with Crippen LogP contribution in [0.1, 0.15) is 24.0 Å². The highest BCUT2D eigenvalue weighted by atomic mass is 32.2. The summed E-state index contributed by atoms with van der Waals surface area (Å²) in [5.74, 6) is 0.617. The Morgan fingerprint density at radius 1 is 1.00 bits per heavy atom. The van der Waals surface area contributed by atoms with Crippen LogP contribution in [0.5, 0.6) is 0 Å². The minimum atomic E-state index is -3.39. The topological polar surface area (TPSA) is 97.6 Å². The van der Waals surface area contributed by atoms with Crippen LogP contribution in [-0.4, -0.2) is 67.8 Å². The molecule has 2 aliphatic heterocycles. The maximum atomic E-state index is 13.0. The summed E-state index contributed by atoms with van der Waals surface area (Å²) in [6, 6.07) is 14.8. The van der Waals surface area contributed by atoms with Crippen LogP contribution in [-0.2, 0) is 20.6 Å². The molecular formula is C23H27N5O3S. The number of piperidine rings is 1. The number of hydrogen-bond acceptors (Lipinski definition) is 6. The highest BCUT2D eigenvalue weighted by molar-refractivity contribution is 7.88. The second-order valence-electron chi connectivity index (χ2n) is 8.21. The Morgan fingerprint density at radius 2 is 1.69 bits per heavy atom. The third kappa shape index (κ3) is 4.92. The van der Waals surface area contributed by atoms with Crippen LogP contribution in [0, 0.1) is 17.2 Å². The normalized spacial score (nSPS) is 18.3. The fourth-order valence-corrected chi connectivity index (χ4v) is 5.95. The van der Waals surface area contributed by atoms with E-state index in [2.05, 4.69) is 11.1 Å². The van der Waals surface area contributed by atoms with Gasteiger partial charge in [-0.3, -0.25) is 4.79 Å². The number of sulfonamides is 1. The molecule has 9 heteroatoms. The van der Waals surface area contributed by atoms with Gasteiger partial charge in [0.25, 0.3) is 0 Å². The zero-order valence-corrected chi connectivity index (χ0v) is 18.7. The molecule has 0 N–H and O–H groups in total. The summed E-state index contributed by atoms with van der Waals surface area (Å²) in [5, 5.41) is 9.29. The van der Waals surface area contributed by atoms with E-state index in [9.17, 15) is 18.5 Å². The first-order valence-electron chi connectivity index (χ1n) is 10.9. The maximum Gasteiger partial charge on any atom is 0.225 e. The van der Waals surface area contributed by atoms with Crippen molar-refractivity contribution in [1.82, 2.24) is 14.2 Å². The molecule has 0 saturated carbocycles. The number of anilines is 1. The number of nitriles is 1. The van der Waals surface area contributed by atoms with Gasteiger partial charge in [0.05, 0.1) is 11.3 Å². The minimum absolute atomic E-state index is 0.00732. The predicted octanol–water partition coefficient (Wildman–Crippen LogP) is 1.84. The van der Waals surface area contributed by atoms with Gasteiger partial charge in [-0.15, -0.1) is 0 Å². The number of rotatable bonds is 5. The van der Waals surface area contributed by atoms with E-state index in [4.69, 9.17) is 0 Å². The van der Waals surface area contributed by atoms with Gasteiger partial charge in [-0.2, -0.15) is 5.26 Å². The standard InChI is InChI=1S/C23H27N5O3S/c24-17-21-7-4-10-25-22(21)26-13-15-27(16-14-26)23(29)20-8-11-28(12-9-20)32(30,31)18-19-5-2-1-3-6-19/h1-7,10,20H,8-9,11-16,18H2. The Hall–Kier alpha value is -2.96. The van der Waals surface area contributed by atoms with E-state index in [-0.39, 0.29) is 17.6 Å². The molecule has 0 aliphatic carbocycles. The first kappa shape index (κ1) is 22.2. The van der Waals surface area contributed by atoms with Gasteiger partial charge >= 0.3 is 0 Å². The largest absolute Gasteiger partial charge is 0.352 e. The average molecular weight is 454 g/mol. The lowest BCUT2D eigenvalue weighted by Gasteiger charge is -2.38. The summed E-state index contributed by atoms with van der Waals surface area (Å²) >= 11 is 0. The van der Waals surface area contributed by atoms with Gasteiger partial charge in [0.1, 0.15) is 11.9 Å². The Balaban J connectivity index is 1.29. The monoisotopic (exact) mass is 453 g/mol. The highest BCUT2D eigenvalue weighted by Crippen LogP contribution is 2.25. The number of pyridine rings is 1. The quantitative estimate of drug-likeness (QED) is 0.685. The van der Waals surface area contributed by atoms with Gasteiger partial charge in [-0.1, -0.05) is 30.3 Å². The van der Waals surface area contributed by atoms with Crippen molar-refractivity contribution in [2.24, 2.45) is 5.92 Å². The van der Waals surface area contributed by atoms with Gasteiger partial charge in [0.2, 0.25) is 15.9 Å². The smallest absolute Gasteiger partial charge is 0.225 e. The Kier molecular flexibility index (Phi) is 6.72. The molecule has 8 nitrogen and oxygen atoms in total. The molecule has 168 valence electrons. The summed E-state index contributed by atoms with van der Waals surface area (Å²) in [4.78, 5) is 21.3. The molecule has 0 unspecified atom stereocenters. The van der Waals surface area contributed by atoms with E-state index in [0.29, 0.717) is 63.5 Å². The number of aromatic nitrogens is 1. The summed E-state index contributed by atoms with van der Waals surface area (Å²) in [7, 11) is -3.39. The third-order valence-corrected chi connectivity index (χ3v) is 8.04. The molecule has 4 rings (SSSR count). The number of benzene rings is 1. The van der Waals surface area contributed by atoms with Crippen molar-refractivity contribution in [2.75, 3.05) is 44.2 Å². The molecule has 2 aromatic rings. The molecule has 2 saturated heterocycles. The zero-order chi connectivity index (χ0) is 22.6. The first-order chi connectivity index (χ1) is 15.5. The maximum absolute atomic E-state index is 13.0. The number of piperazine rings is 1. The number of carbonyl (C=O) groups excluding carboxylic acids is 1. The minimum Gasteiger partial charge on any atom is -0.352 e. The van der Waals surface area contributed by atoms with Crippen molar-refractivity contribution in [3.8, 4) is 6.07 Å². The van der Waals surface area contributed by atoms with E-state index in [1.807, 2.05) is 40.1 Å². The van der Waals surface area contributed by atoms with Crippen LogP contribution >= 0.6 is 0 Å². The summed E-state index contributed by atoms with van der Waals surface area (Å²) in [5.41, 5.74) is 1.31. The Morgan fingerprint density at radius 3 is 2.34 bits per heavy atom. The van der Waals surface area contributed by atoms with Crippen LogP contribution in [0.4, 0.5) is 5.82 Å². The van der Waals surface area contributed by atoms with Crippen LogP contribution in [0.15, 0.2) is 48.7 Å². The van der Waals surface area contributed by atoms with Crippen LogP contribution in [0.2, 0.25) is 0 Å². The van der Waals surface area contributed by atoms with Crippen molar-refractivity contribution in [3.63, 3.8) is 0 Å². The highest BCUT2D eigenvalue weighted by Gasteiger charge is 2.34. The fraction of sp³-hybridized carbons (Fsp3) is 0.435. The molecule has 1 aromatic heterocycles. The predicted molar refractivity (Wildman–Crippen MR) is 121 cm³/mol.